The van der Waals surface area contributed by atoms with Gasteiger partial charge in [0.15, 0.2) is 5.16 Å². The monoisotopic (exact) mass is 437 g/mol. The maximum absolute atomic E-state index is 13.7. The largest absolute Gasteiger partial charge is 0.494 e. The quantitative estimate of drug-likeness (QED) is 0.350. The van der Waals surface area contributed by atoms with E-state index in [9.17, 15) is 4.79 Å². The van der Waals surface area contributed by atoms with Crippen LogP contribution < -0.4 is 10.3 Å². The molecule has 7 heteroatoms. The average Bonchev–Trinajstić information content (AvgIpc) is 3.06. The van der Waals surface area contributed by atoms with Gasteiger partial charge in [0.05, 0.1) is 17.7 Å². The van der Waals surface area contributed by atoms with Crippen LogP contribution >= 0.6 is 23.1 Å². The van der Waals surface area contributed by atoms with Crippen LogP contribution in [0.4, 0.5) is 0 Å². The molecule has 0 N–H and O–H groups in total. The number of ether oxygens (including phenoxy) is 1. The normalized spacial score (nSPS) is 11.2. The first-order chi connectivity index (χ1) is 14.6. The van der Waals surface area contributed by atoms with Crippen molar-refractivity contribution in [3.05, 3.63) is 69.5 Å². The van der Waals surface area contributed by atoms with E-state index in [0.717, 1.165) is 39.7 Å². The SMILES string of the molecule is CCCc1sc2nc(Sc3ccccn3)n(-c3ccc(OCC)cc3)c(=O)c2c1C. The molecule has 0 saturated carbocycles. The zero-order chi connectivity index (χ0) is 21.1. The Hall–Kier alpha value is -2.64. The van der Waals surface area contributed by atoms with Gasteiger partial charge in [0.2, 0.25) is 0 Å². The first-order valence-corrected chi connectivity index (χ1v) is 11.6. The fourth-order valence-corrected chi connectivity index (χ4v) is 5.52. The van der Waals surface area contributed by atoms with Crippen LogP contribution in [-0.2, 0) is 6.42 Å². The summed E-state index contributed by atoms with van der Waals surface area (Å²) in [6.07, 6.45) is 3.74. The van der Waals surface area contributed by atoms with Gasteiger partial charge >= 0.3 is 0 Å². The van der Waals surface area contributed by atoms with E-state index in [0.29, 0.717) is 17.1 Å². The number of aryl methyl sites for hydroxylation is 2. The van der Waals surface area contributed by atoms with Gasteiger partial charge in [-0.2, -0.15) is 0 Å². The number of rotatable bonds is 7. The third kappa shape index (κ3) is 4.00. The fourth-order valence-electron chi connectivity index (χ4n) is 3.33. The smallest absolute Gasteiger partial charge is 0.267 e. The molecule has 0 fully saturated rings. The minimum absolute atomic E-state index is 0.0429. The number of aromatic nitrogens is 3. The van der Waals surface area contributed by atoms with Crippen LogP contribution in [0.5, 0.6) is 5.75 Å². The Morgan fingerprint density at radius 2 is 1.93 bits per heavy atom. The summed E-state index contributed by atoms with van der Waals surface area (Å²) >= 11 is 3.02. The third-order valence-electron chi connectivity index (χ3n) is 4.75. The predicted molar refractivity (Wildman–Crippen MR) is 123 cm³/mol. The van der Waals surface area contributed by atoms with Crippen molar-refractivity contribution in [1.82, 2.24) is 14.5 Å². The van der Waals surface area contributed by atoms with Gasteiger partial charge in [-0.1, -0.05) is 19.4 Å². The topological polar surface area (TPSA) is 57.0 Å². The van der Waals surface area contributed by atoms with Crippen molar-refractivity contribution >= 4 is 33.3 Å². The molecule has 0 bridgehead atoms. The molecule has 5 nitrogen and oxygen atoms in total. The Morgan fingerprint density at radius 3 is 2.60 bits per heavy atom. The molecular formula is C23H23N3O2S2. The highest BCUT2D eigenvalue weighted by Gasteiger charge is 2.19. The lowest BCUT2D eigenvalue weighted by Gasteiger charge is -2.12. The van der Waals surface area contributed by atoms with Gasteiger partial charge in [0.1, 0.15) is 15.6 Å². The molecule has 0 aliphatic heterocycles. The first kappa shape index (κ1) is 20.6. The Bertz CT molecular complexity index is 1220. The summed E-state index contributed by atoms with van der Waals surface area (Å²) in [7, 11) is 0. The highest BCUT2D eigenvalue weighted by molar-refractivity contribution is 7.99. The lowest BCUT2D eigenvalue weighted by Crippen LogP contribution is -2.21. The number of thiophene rings is 1. The number of nitrogens with zero attached hydrogens (tertiary/aromatic N) is 3. The zero-order valence-corrected chi connectivity index (χ0v) is 18.8. The minimum atomic E-state index is -0.0429. The summed E-state index contributed by atoms with van der Waals surface area (Å²) in [4.78, 5) is 25.0. The van der Waals surface area contributed by atoms with E-state index in [4.69, 9.17) is 9.72 Å². The van der Waals surface area contributed by atoms with E-state index < -0.39 is 0 Å². The second kappa shape index (κ2) is 9.02. The van der Waals surface area contributed by atoms with Gasteiger partial charge < -0.3 is 4.74 Å². The molecule has 0 saturated heterocycles. The van der Waals surface area contributed by atoms with Crippen molar-refractivity contribution < 1.29 is 4.74 Å². The van der Waals surface area contributed by atoms with E-state index >= 15 is 0 Å². The second-order valence-corrected chi connectivity index (χ2v) is 8.88. The molecule has 0 radical (unpaired) electrons. The average molecular weight is 438 g/mol. The minimum Gasteiger partial charge on any atom is -0.494 e. The van der Waals surface area contributed by atoms with Crippen molar-refractivity contribution in [2.45, 2.75) is 43.8 Å². The first-order valence-electron chi connectivity index (χ1n) is 9.99. The molecule has 3 aromatic heterocycles. The number of benzene rings is 1. The molecule has 4 aromatic rings. The van der Waals surface area contributed by atoms with Crippen molar-refractivity contribution in [2.24, 2.45) is 0 Å². The standard InChI is InChI=1S/C23H23N3O2S2/c1-4-8-18-15(3)20-21(29-18)25-23(30-19-9-6-7-14-24-19)26(22(20)27)16-10-12-17(13-11-16)28-5-2/h6-7,9-14H,4-5,8H2,1-3H3. The van der Waals surface area contributed by atoms with Crippen LogP contribution in [0.15, 0.2) is 63.6 Å². The Balaban J connectivity index is 1.92. The maximum atomic E-state index is 13.7. The summed E-state index contributed by atoms with van der Waals surface area (Å²) in [6.45, 7) is 6.73. The van der Waals surface area contributed by atoms with Gasteiger partial charge in [-0.3, -0.25) is 9.36 Å². The molecular weight excluding hydrogens is 414 g/mol. The van der Waals surface area contributed by atoms with E-state index in [2.05, 4.69) is 11.9 Å². The van der Waals surface area contributed by atoms with Gasteiger partial charge in [-0.25, -0.2) is 9.97 Å². The van der Waals surface area contributed by atoms with Crippen LogP contribution in [0.2, 0.25) is 0 Å². The van der Waals surface area contributed by atoms with Gasteiger partial charge in [0, 0.05) is 11.1 Å². The molecule has 154 valence electrons. The summed E-state index contributed by atoms with van der Waals surface area (Å²) in [5.74, 6) is 0.777. The van der Waals surface area contributed by atoms with Crippen LogP contribution in [0, 0.1) is 6.92 Å². The molecule has 1 aromatic carbocycles. The van der Waals surface area contributed by atoms with Crippen LogP contribution in [0.25, 0.3) is 15.9 Å². The van der Waals surface area contributed by atoms with Gasteiger partial charge in [-0.15, -0.1) is 11.3 Å². The number of fused-ring (bicyclic) bond motifs is 1. The van der Waals surface area contributed by atoms with Crippen molar-refractivity contribution in [3.8, 4) is 11.4 Å². The Labute approximate surface area is 183 Å². The molecule has 0 amide bonds. The summed E-state index contributed by atoms with van der Waals surface area (Å²) in [6, 6.07) is 13.3. The molecule has 0 aliphatic rings. The van der Waals surface area contributed by atoms with E-state index in [1.807, 2.05) is 56.3 Å². The van der Waals surface area contributed by atoms with Crippen LogP contribution in [0.3, 0.4) is 0 Å². The number of pyridine rings is 1. The summed E-state index contributed by atoms with van der Waals surface area (Å²) < 4.78 is 7.24. The second-order valence-electron chi connectivity index (χ2n) is 6.81. The lowest BCUT2D eigenvalue weighted by atomic mass is 10.1. The van der Waals surface area contributed by atoms with E-state index in [-0.39, 0.29) is 5.56 Å². The summed E-state index contributed by atoms with van der Waals surface area (Å²) in [5.41, 5.74) is 1.76. The summed E-state index contributed by atoms with van der Waals surface area (Å²) in [5, 5.41) is 2.12. The molecule has 0 unspecified atom stereocenters. The van der Waals surface area contributed by atoms with Crippen molar-refractivity contribution in [2.75, 3.05) is 6.61 Å². The molecule has 4 rings (SSSR count). The van der Waals surface area contributed by atoms with E-state index in [1.165, 1.54) is 16.6 Å². The van der Waals surface area contributed by atoms with Crippen molar-refractivity contribution in [1.29, 1.82) is 0 Å². The molecule has 3 heterocycles. The number of hydrogen-bond donors (Lipinski definition) is 0. The van der Waals surface area contributed by atoms with Crippen molar-refractivity contribution in [3.63, 3.8) is 0 Å². The maximum Gasteiger partial charge on any atom is 0.267 e. The van der Waals surface area contributed by atoms with Gasteiger partial charge in [0.25, 0.3) is 5.56 Å². The molecule has 0 atom stereocenters. The molecule has 0 aliphatic carbocycles. The third-order valence-corrected chi connectivity index (χ3v) is 6.90. The highest BCUT2D eigenvalue weighted by Crippen LogP contribution is 2.33. The molecule has 30 heavy (non-hydrogen) atoms. The zero-order valence-electron chi connectivity index (χ0n) is 17.2. The Kier molecular flexibility index (Phi) is 6.20. The predicted octanol–water partition coefficient (Wildman–Crippen LogP) is 5.65. The molecule has 0 spiro atoms. The Morgan fingerprint density at radius 1 is 1.13 bits per heavy atom. The van der Waals surface area contributed by atoms with Crippen LogP contribution in [0.1, 0.15) is 30.7 Å². The highest BCUT2D eigenvalue weighted by atomic mass is 32.2. The number of hydrogen-bond acceptors (Lipinski definition) is 6. The van der Waals surface area contributed by atoms with Gasteiger partial charge in [-0.05, 0) is 74.0 Å². The lowest BCUT2D eigenvalue weighted by molar-refractivity contribution is 0.340. The van der Waals surface area contributed by atoms with Crippen LogP contribution in [-0.4, -0.2) is 21.1 Å². The fraction of sp³-hybridized carbons (Fsp3) is 0.261. The van der Waals surface area contributed by atoms with E-state index in [1.54, 1.807) is 22.1 Å².